The fourth-order valence-corrected chi connectivity index (χ4v) is 2.91. The van der Waals surface area contributed by atoms with E-state index in [1.165, 1.54) is 15.9 Å². The van der Waals surface area contributed by atoms with Gasteiger partial charge in [-0.05, 0) is 42.0 Å². The van der Waals surface area contributed by atoms with Crippen molar-refractivity contribution >= 4 is 28.5 Å². The van der Waals surface area contributed by atoms with Gasteiger partial charge in [-0.2, -0.15) is 0 Å². The molecule has 6 nitrogen and oxygen atoms in total. The van der Waals surface area contributed by atoms with Crippen LogP contribution in [0.15, 0.2) is 48.7 Å². The molecule has 0 atom stereocenters. The highest BCUT2D eigenvalue weighted by molar-refractivity contribution is 5.93. The second kappa shape index (κ2) is 8.30. The van der Waals surface area contributed by atoms with E-state index in [9.17, 15) is 18.4 Å². The monoisotopic (exact) mass is 400 g/mol. The van der Waals surface area contributed by atoms with Gasteiger partial charge in [-0.25, -0.2) is 13.6 Å². The van der Waals surface area contributed by atoms with Crippen LogP contribution in [0.1, 0.15) is 5.56 Å². The van der Waals surface area contributed by atoms with E-state index in [1.54, 1.807) is 27.2 Å². The van der Waals surface area contributed by atoms with E-state index < -0.39 is 11.6 Å². The Morgan fingerprint density at radius 3 is 2.45 bits per heavy atom. The van der Waals surface area contributed by atoms with Crippen molar-refractivity contribution in [3.05, 3.63) is 65.9 Å². The third kappa shape index (κ3) is 4.71. The summed E-state index contributed by atoms with van der Waals surface area (Å²) in [6, 6.07) is 10.4. The zero-order chi connectivity index (χ0) is 21.1. The minimum Gasteiger partial charge on any atom is -0.347 e. The molecule has 3 aromatic rings. The largest absolute Gasteiger partial charge is 0.347 e. The summed E-state index contributed by atoms with van der Waals surface area (Å²) in [6.07, 6.45) is 1.83. The summed E-state index contributed by atoms with van der Waals surface area (Å²) >= 11 is 0. The number of carbonyl (C=O) groups is 2. The van der Waals surface area contributed by atoms with Crippen LogP contribution >= 0.6 is 0 Å². The molecular formula is C21H22F2N4O2. The lowest BCUT2D eigenvalue weighted by atomic mass is 10.2. The standard InChI is InChI=1S/C21H22F2N4O2/c1-25(2)20(28)13-27-9-8-15-11-16(5-7-19(15)27)24-21(29)26(3)12-14-4-6-17(22)18(23)10-14/h4-11H,12-13H2,1-3H3,(H,24,29). The molecule has 152 valence electrons. The number of benzene rings is 2. The molecule has 0 aliphatic heterocycles. The minimum atomic E-state index is -0.945. The Balaban J connectivity index is 1.68. The number of likely N-dealkylation sites (N-methyl/N-ethyl adjacent to an activating group) is 1. The molecule has 8 heteroatoms. The van der Waals surface area contributed by atoms with Crippen LogP contribution in [0, 0.1) is 11.6 Å². The first kappa shape index (κ1) is 20.3. The summed E-state index contributed by atoms with van der Waals surface area (Å²) in [7, 11) is 4.98. The van der Waals surface area contributed by atoms with Crippen LogP contribution in [0.25, 0.3) is 10.9 Å². The molecule has 0 saturated heterocycles. The first-order valence-corrected chi connectivity index (χ1v) is 8.99. The number of anilines is 1. The molecule has 2 aromatic carbocycles. The van der Waals surface area contributed by atoms with Gasteiger partial charge in [0.15, 0.2) is 11.6 Å². The molecule has 0 spiro atoms. The molecule has 1 N–H and O–H groups in total. The zero-order valence-electron chi connectivity index (χ0n) is 16.4. The van der Waals surface area contributed by atoms with E-state index in [2.05, 4.69) is 5.32 Å². The quantitative estimate of drug-likeness (QED) is 0.711. The van der Waals surface area contributed by atoms with Gasteiger partial charge in [-0.3, -0.25) is 4.79 Å². The summed E-state index contributed by atoms with van der Waals surface area (Å²) < 4.78 is 28.2. The normalized spacial score (nSPS) is 10.8. The van der Waals surface area contributed by atoms with Crippen molar-refractivity contribution in [2.45, 2.75) is 13.1 Å². The first-order chi connectivity index (χ1) is 13.7. The number of nitrogens with one attached hydrogen (secondary N) is 1. The number of halogens is 2. The number of hydrogen-bond donors (Lipinski definition) is 1. The molecule has 1 heterocycles. The molecule has 0 aliphatic rings. The van der Waals surface area contributed by atoms with Gasteiger partial charge >= 0.3 is 6.03 Å². The minimum absolute atomic E-state index is 0.0151. The Kier molecular flexibility index (Phi) is 5.81. The van der Waals surface area contributed by atoms with E-state index in [1.807, 2.05) is 29.0 Å². The lowest BCUT2D eigenvalue weighted by Crippen LogP contribution is -2.30. The molecule has 3 amide bonds. The van der Waals surface area contributed by atoms with Gasteiger partial charge in [0.05, 0.1) is 0 Å². The smallest absolute Gasteiger partial charge is 0.321 e. The Morgan fingerprint density at radius 2 is 1.76 bits per heavy atom. The summed E-state index contributed by atoms with van der Waals surface area (Å²) in [5.41, 5.74) is 1.96. The number of rotatable bonds is 5. The molecule has 0 unspecified atom stereocenters. The van der Waals surface area contributed by atoms with Crippen molar-refractivity contribution in [2.75, 3.05) is 26.5 Å². The van der Waals surface area contributed by atoms with Crippen LogP contribution in [0.5, 0.6) is 0 Å². The van der Waals surface area contributed by atoms with Gasteiger partial charge in [0.1, 0.15) is 6.54 Å². The van der Waals surface area contributed by atoms with E-state index in [-0.39, 0.29) is 25.0 Å². The van der Waals surface area contributed by atoms with Crippen molar-refractivity contribution in [1.29, 1.82) is 0 Å². The van der Waals surface area contributed by atoms with Crippen LogP contribution < -0.4 is 5.32 Å². The molecule has 0 saturated carbocycles. The van der Waals surface area contributed by atoms with Crippen molar-refractivity contribution < 1.29 is 18.4 Å². The summed E-state index contributed by atoms with van der Waals surface area (Å²) in [5, 5.41) is 3.67. The van der Waals surface area contributed by atoms with E-state index in [0.29, 0.717) is 11.3 Å². The predicted molar refractivity (Wildman–Crippen MR) is 107 cm³/mol. The van der Waals surface area contributed by atoms with E-state index >= 15 is 0 Å². The number of amides is 3. The van der Waals surface area contributed by atoms with E-state index in [4.69, 9.17) is 0 Å². The maximum Gasteiger partial charge on any atom is 0.321 e. The van der Waals surface area contributed by atoms with Gasteiger partial charge < -0.3 is 19.7 Å². The molecule has 3 rings (SSSR count). The number of fused-ring (bicyclic) bond motifs is 1. The second-order valence-electron chi connectivity index (χ2n) is 7.04. The number of aromatic nitrogens is 1. The topological polar surface area (TPSA) is 57.6 Å². The average Bonchev–Trinajstić information content (AvgIpc) is 3.06. The first-order valence-electron chi connectivity index (χ1n) is 8.99. The van der Waals surface area contributed by atoms with Crippen LogP contribution in [-0.2, 0) is 17.9 Å². The SMILES string of the molecule is CN(C)C(=O)Cn1ccc2cc(NC(=O)N(C)Cc3ccc(F)c(F)c3)ccc21. The molecule has 0 aliphatic carbocycles. The maximum atomic E-state index is 13.3. The Labute approximate surface area is 167 Å². The third-order valence-corrected chi connectivity index (χ3v) is 4.58. The molecule has 0 radical (unpaired) electrons. The third-order valence-electron chi connectivity index (χ3n) is 4.58. The second-order valence-corrected chi connectivity index (χ2v) is 7.04. The van der Waals surface area contributed by atoms with Crippen molar-refractivity contribution in [2.24, 2.45) is 0 Å². The Bertz CT molecular complexity index is 1060. The fraction of sp³-hybridized carbons (Fsp3) is 0.238. The lowest BCUT2D eigenvalue weighted by Gasteiger charge is -2.18. The van der Waals surface area contributed by atoms with Crippen molar-refractivity contribution in [3.63, 3.8) is 0 Å². The summed E-state index contributed by atoms with van der Waals surface area (Å²) in [5.74, 6) is -1.88. The van der Waals surface area contributed by atoms with Crippen molar-refractivity contribution in [3.8, 4) is 0 Å². The molecule has 29 heavy (non-hydrogen) atoms. The number of carbonyl (C=O) groups excluding carboxylic acids is 2. The molecule has 0 bridgehead atoms. The van der Waals surface area contributed by atoms with Crippen LogP contribution in [0.2, 0.25) is 0 Å². The van der Waals surface area contributed by atoms with Gasteiger partial charge in [-0.1, -0.05) is 6.07 Å². The highest BCUT2D eigenvalue weighted by atomic mass is 19.2. The molecule has 0 fully saturated rings. The summed E-state index contributed by atoms with van der Waals surface area (Å²) in [4.78, 5) is 27.3. The Hall–Kier alpha value is -3.42. The predicted octanol–water partition coefficient (Wildman–Crippen LogP) is 3.67. The van der Waals surface area contributed by atoms with Gasteiger partial charge in [0.25, 0.3) is 0 Å². The van der Waals surface area contributed by atoms with Crippen molar-refractivity contribution in [1.82, 2.24) is 14.4 Å². The van der Waals surface area contributed by atoms with Crippen LogP contribution in [0.4, 0.5) is 19.3 Å². The van der Waals surface area contributed by atoms with Crippen LogP contribution in [0.3, 0.4) is 0 Å². The maximum absolute atomic E-state index is 13.3. The van der Waals surface area contributed by atoms with Crippen LogP contribution in [-0.4, -0.2) is 47.4 Å². The zero-order valence-corrected chi connectivity index (χ0v) is 16.4. The number of urea groups is 1. The fourth-order valence-electron chi connectivity index (χ4n) is 2.91. The van der Waals surface area contributed by atoms with Gasteiger partial charge in [0, 0.05) is 50.5 Å². The molecule has 1 aromatic heterocycles. The number of nitrogens with zero attached hydrogens (tertiary/aromatic N) is 3. The summed E-state index contributed by atoms with van der Waals surface area (Å²) in [6.45, 7) is 0.369. The Morgan fingerprint density at radius 1 is 1.00 bits per heavy atom. The highest BCUT2D eigenvalue weighted by Gasteiger charge is 2.13. The molecular weight excluding hydrogens is 378 g/mol. The van der Waals surface area contributed by atoms with E-state index in [0.717, 1.165) is 23.0 Å². The van der Waals surface area contributed by atoms with Gasteiger partial charge in [-0.15, -0.1) is 0 Å². The number of hydrogen-bond acceptors (Lipinski definition) is 2. The lowest BCUT2D eigenvalue weighted by molar-refractivity contribution is -0.129. The van der Waals surface area contributed by atoms with Gasteiger partial charge in [0.2, 0.25) is 5.91 Å². The highest BCUT2D eigenvalue weighted by Crippen LogP contribution is 2.21. The average molecular weight is 400 g/mol.